The summed E-state index contributed by atoms with van der Waals surface area (Å²) in [5.74, 6) is -4.36. The van der Waals surface area contributed by atoms with Crippen LogP contribution in [-0.2, 0) is 94.7 Å². The first-order chi connectivity index (χ1) is 55.5. The standard InChI is InChI=1S/C56H84O19.C14H12O3.C11H16O4.C6H14O2/c1-10-51(58-8)61-31-48(32-62-51)37-69-55(14-5,70-38-48)74-46-28-44(29-47(30-46)75-56(15-6)71-39-49(40-72-56)33-63-52(11-2,59-9)64-34-49)21-20-43-22-24-45(25-23-43)73-54(13-4)67-41-50(42-68-54)35-65-53(12-3,66-36-50)60-27-19-17-16-18-26-57-7;15-12-5-3-10(4-6-12)1-2-11-7-13(16)9-14(17)8-11;1-3-9-12-5-11(6-13-9)7-14-10(4-2)15-8-11;7-5-3-1-2-4-6-8/h20-25,28-30H,10-19,26-27,31-42H2,1-9H3;1-9,15-17H;3-4H,5-8H2,1-2H3;7-8H,1-6H2/b21-20+;2-1+;;. The van der Waals surface area contributed by atoms with Gasteiger partial charge in [0.2, 0.25) is 0 Å². The van der Waals surface area contributed by atoms with Crippen LogP contribution in [0.5, 0.6) is 34.5 Å². The fourth-order valence-corrected chi connectivity index (χ4v) is 13.2. The number of aromatic hydroxyl groups is 3. The van der Waals surface area contributed by atoms with Gasteiger partial charge >= 0.3 is 17.9 Å². The Labute approximate surface area is 677 Å². The highest BCUT2D eigenvalue weighted by Crippen LogP contribution is 2.45. The highest BCUT2D eigenvalue weighted by atomic mass is 16.9. The smallest absolute Gasteiger partial charge is 0.326 e. The van der Waals surface area contributed by atoms with Crippen LogP contribution in [0.15, 0.2) is 109 Å². The van der Waals surface area contributed by atoms with Gasteiger partial charge in [-0.2, -0.15) is 0 Å². The maximum atomic E-state index is 9.30. The number of hydrogen-bond acceptors (Lipinski definition) is 28. The zero-order valence-corrected chi connectivity index (χ0v) is 69.2. The fourth-order valence-electron chi connectivity index (χ4n) is 13.2. The molecule has 115 heavy (non-hydrogen) atoms. The van der Waals surface area contributed by atoms with E-state index in [2.05, 4.69) is 0 Å². The lowest BCUT2D eigenvalue weighted by molar-refractivity contribution is -0.454. The quantitative estimate of drug-likeness (QED) is 0.0231. The second-order valence-electron chi connectivity index (χ2n) is 30.2. The predicted molar refractivity (Wildman–Crippen MR) is 424 cm³/mol. The molecule has 0 aliphatic carbocycles. The number of aliphatic hydroxyl groups excluding tert-OH is 2. The van der Waals surface area contributed by atoms with E-state index in [4.69, 9.17) is 124 Å². The number of phenols is 3. The van der Waals surface area contributed by atoms with Crippen molar-refractivity contribution in [3.05, 3.63) is 131 Å². The second-order valence-corrected chi connectivity index (χ2v) is 30.2. The molecule has 0 radical (unpaired) electrons. The number of methoxy groups -OCH3 is 3. The molecule has 12 rings (SSSR count). The Morgan fingerprint density at radius 2 is 0.617 bits per heavy atom. The van der Waals surface area contributed by atoms with E-state index in [-0.39, 0.29) is 62.3 Å². The van der Waals surface area contributed by atoms with Crippen LogP contribution < -0.4 is 14.2 Å². The molecule has 0 aromatic heterocycles. The Morgan fingerprint density at radius 3 is 0.957 bits per heavy atom. The van der Waals surface area contributed by atoms with Crippen LogP contribution in [0.4, 0.5) is 0 Å². The van der Waals surface area contributed by atoms with Crippen LogP contribution in [0.2, 0.25) is 0 Å². The molecule has 4 aromatic carbocycles. The molecule has 8 aliphatic heterocycles. The number of rotatable bonds is 31. The van der Waals surface area contributed by atoms with Gasteiger partial charge in [0, 0.05) is 91.8 Å². The predicted octanol–water partition coefficient (Wildman–Crippen LogP) is 14.4. The van der Waals surface area contributed by atoms with Crippen molar-refractivity contribution in [1.82, 2.24) is 0 Å². The minimum atomic E-state index is -1.40. The van der Waals surface area contributed by atoms with Gasteiger partial charge in [-0.25, -0.2) is 0 Å². The van der Waals surface area contributed by atoms with E-state index in [1.54, 1.807) is 69.9 Å². The minimum absolute atomic E-state index is 0.0235. The molecule has 28 nitrogen and oxygen atoms in total. The van der Waals surface area contributed by atoms with Crippen molar-refractivity contribution in [2.45, 2.75) is 181 Å². The number of phenolic OH excluding ortho intramolecular Hbond substituents is 3. The summed E-state index contributed by atoms with van der Waals surface area (Å²) in [5, 5.41) is 44.3. The number of benzene rings is 4. The molecule has 0 atom stereocenters. The van der Waals surface area contributed by atoms with Gasteiger partial charge in [0.15, 0.2) is 0 Å². The average Bonchev–Trinajstić information content (AvgIpc) is 0.777. The average molecular weight is 1620 g/mol. The highest BCUT2D eigenvalue weighted by molar-refractivity contribution is 5.72. The van der Waals surface area contributed by atoms with Crippen molar-refractivity contribution in [3.8, 4) is 34.5 Å². The van der Waals surface area contributed by atoms with E-state index in [1.165, 1.54) is 6.07 Å². The van der Waals surface area contributed by atoms with Crippen LogP contribution in [0.3, 0.4) is 0 Å². The molecule has 0 unspecified atom stereocenters. The van der Waals surface area contributed by atoms with Gasteiger partial charge in [0.1, 0.15) is 66.3 Å². The fraction of sp³-hybridized carbons (Fsp3) is 0.632. The Morgan fingerprint density at radius 1 is 0.313 bits per heavy atom. The van der Waals surface area contributed by atoms with E-state index in [0.29, 0.717) is 159 Å². The maximum absolute atomic E-state index is 9.30. The summed E-state index contributed by atoms with van der Waals surface area (Å²) >= 11 is 0. The van der Waals surface area contributed by atoms with Gasteiger partial charge in [0.05, 0.1) is 102 Å². The summed E-state index contributed by atoms with van der Waals surface area (Å²) in [5.41, 5.74) is 1.60. The van der Waals surface area contributed by atoms with E-state index in [0.717, 1.165) is 74.7 Å². The molecule has 0 bridgehead atoms. The summed E-state index contributed by atoms with van der Waals surface area (Å²) in [6.45, 7) is 23.7. The number of ether oxygens (including phenoxy) is 23. The number of aliphatic hydroxyl groups is 2. The first-order valence-electron chi connectivity index (χ1n) is 40.5. The summed E-state index contributed by atoms with van der Waals surface area (Å²) in [7, 11) is 4.88. The maximum Gasteiger partial charge on any atom is 0.326 e. The molecular weight excluding hydrogens is 1490 g/mol. The zero-order chi connectivity index (χ0) is 82.4. The SMILES string of the molecule is CC=C1OCC2(CO1)COC(=CC)OC2.CCC1(OC)OCC2(CO1)COC(CC)(Oc1cc(/C=C/c3ccc(OC4(CC)OCC5(COC(CC)(OCCCCCCOC)OC5)CO4)cc3)cc(OC3(CC)OCC4(COC(CC)(OC)OC4)CO3)c1)OC2.OCCCCCCO.Oc1ccc(/C=C/c2cc(O)cc(O)c2)cc1. The lowest BCUT2D eigenvalue weighted by Crippen LogP contribution is -2.60. The Hall–Kier alpha value is -6.88. The normalized spacial score (nSPS) is 29.9. The second kappa shape index (κ2) is 43.7. The molecule has 0 amide bonds. The van der Waals surface area contributed by atoms with Gasteiger partial charge < -0.3 is 134 Å². The van der Waals surface area contributed by atoms with Gasteiger partial charge in [0.25, 0.3) is 29.8 Å². The van der Waals surface area contributed by atoms with Crippen molar-refractivity contribution in [3.63, 3.8) is 0 Å². The van der Waals surface area contributed by atoms with Crippen LogP contribution >= 0.6 is 0 Å². The molecule has 8 fully saturated rings. The molecule has 8 heterocycles. The van der Waals surface area contributed by atoms with Gasteiger partial charge in [-0.1, -0.05) is 116 Å². The lowest BCUT2D eigenvalue weighted by Gasteiger charge is -2.49. The summed E-state index contributed by atoms with van der Waals surface area (Å²) in [6, 6.07) is 24.4. The van der Waals surface area contributed by atoms with E-state index in [1.807, 2.05) is 122 Å². The minimum Gasteiger partial charge on any atom is -0.508 e. The first-order valence-corrected chi connectivity index (χ1v) is 40.5. The van der Waals surface area contributed by atoms with Gasteiger partial charge in [-0.15, -0.1) is 0 Å². The van der Waals surface area contributed by atoms with Crippen LogP contribution in [0, 0.1) is 21.7 Å². The Bertz CT molecular complexity index is 3440. The molecule has 4 aromatic rings. The molecule has 28 heteroatoms. The topological polar surface area (TPSA) is 313 Å². The van der Waals surface area contributed by atoms with Crippen molar-refractivity contribution in [2.24, 2.45) is 21.7 Å². The zero-order valence-electron chi connectivity index (χ0n) is 69.2. The number of allylic oxidation sites excluding steroid dienone is 2. The molecule has 642 valence electrons. The summed E-state index contributed by atoms with van der Waals surface area (Å²) in [6.07, 6.45) is 22.0. The third kappa shape index (κ3) is 26.1. The largest absolute Gasteiger partial charge is 0.508 e. The van der Waals surface area contributed by atoms with Crippen molar-refractivity contribution in [2.75, 3.05) is 153 Å². The van der Waals surface area contributed by atoms with Crippen molar-refractivity contribution < 1.29 is 134 Å². The third-order valence-electron chi connectivity index (χ3n) is 20.9. The monoisotopic (exact) mass is 1620 g/mol. The summed E-state index contributed by atoms with van der Waals surface area (Å²) < 4.78 is 139. The third-order valence-corrected chi connectivity index (χ3v) is 20.9. The van der Waals surface area contributed by atoms with Crippen LogP contribution in [0.1, 0.15) is 168 Å². The van der Waals surface area contributed by atoms with E-state index >= 15 is 0 Å². The molecule has 0 saturated carbocycles. The Kier molecular flexibility index (Phi) is 35.0. The first kappa shape index (κ1) is 92.0. The molecule has 8 aliphatic rings. The summed E-state index contributed by atoms with van der Waals surface area (Å²) in [4.78, 5) is 0. The highest BCUT2D eigenvalue weighted by Gasteiger charge is 2.55. The molecule has 5 N–H and O–H groups in total. The molecule has 8 saturated heterocycles. The Balaban J connectivity index is 0.000000302. The van der Waals surface area contributed by atoms with E-state index in [9.17, 15) is 10.2 Å². The van der Waals surface area contributed by atoms with Crippen LogP contribution in [-0.4, -0.2) is 215 Å². The van der Waals surface area contributed by atoms with Gasteiger partial charge in [-0.05, 0) is 122 Å². The number of hydrogen-bond donors (Lipinski definition) is 5. The van der Waals surface area contributed by atoms with Gasteiger partial charge in [-0.3, -0.25) is 0 Å². The van der Waals surface area contributed by atoms with Crippen molar-refractivity contribution >= 4 is 24.3 Å². The van der Waals surface area contributed by atoms with E-state index < -0.39 is 52.1 Å². The van der Waals surface area contributed by atoms with Crippen molar-refractivity contribution in [1.29, 1.82) is 0 Å². The van der Waals surface area contributed by atoms with Crippen LogP contribution in [0.25, 0.3) is 24.3 Å². The molecular formula is C87H126O28. The molecule has 4 spiro atoms. The lowest BCUT2D eigenvalue weighted by atomic mass is 9.90. The number of unbranched alkanes of at least 4 members (excludes halogenated alkanes) is 6.